The maximum absolute atomic E-state index is 13.0. The van der Waals surface area contributed by atoms with Gasteiger partial charge in [-0.15, -0.1) is 0 Å². The monoisotopic (exact) mass is 932 g/mol. The summed E-state index contributed by atoms with van der Waals surface area (Å²) in [6.45, 7) is 3.71. The van der Waals surface area contributed by atoms with Crippen LogP contribution in [-0.2, 0) is 14.3 Å². The molecule has 0 saturated carbocycles. The summed E-state index contributed by atoms with van der Waals surface area (Å²) in [5, 5.41) is 54.2. The smallest absolute Gasteiger partial charge is 0.220 e. The second kappa shape index (κ2) is 46.9. The predicted molar refractivity (Wildman–Crippen MR) is 276 cm³/mol. The fraction of sp³-hybridized carbons (Fsp3) is 0.842. The Labute approximate surface area is 405 Å². The molecule has 0 aromatic heterocycles. The molecule has 7 unspecified atom stereocenters. The lowest BCUT2D eigenvalue weighted by Crippen LogP contribution is -2.60. The van der Waals surface area contributed by atoms with Crippen molar-refractivity contribution in [3.05, 3.63) is 48.6 Å². The highest BCUT2D eigenvalue weighted by Crippen LogP contribution is 2.23. The van der Waals surface area contributed by atoms with Crippen LogP contribution in [0.4, 0.5) is 0 Å². The molecule has 66 heavy (non-hydrogen) atoms. The molecule has 0 aromatic carbocycles. The van der Waals surface area contributed by atoms with Crippen molar-refractivity contribution in [1.82, 2.24) is 5.32 Å². The van der Waals surface area contributed by atoms with E-state index in [1.807, 2.05) is 6.08 Å². The van der Waals surface area contributed by atoms with Crippen LogP contribution in [-0.4, -0.2) is 87.5 Å². The summed E-state index contributed by atoms with van der Waals surface area (Å²) in [6, 6.07) is -0.826. The molecule has 0 aliphatic carbocycles. The molecular weight excluding hydrogens is 827 g/mol. The van der Waals surface area contributed by atoms with E-state index in [2.05, 4.69) is 55.6 Å². The summed E-state index contributed by atoms with van der Waals surface area (Å²) in [5.74, 6) is -0.190. The van der Waals surface area contributed by atoms with Crippen molar-refractivity contribution in [2.24, 2.45) is 0 Å². The third-order valence-corrected chi connectivity index (χ3v) is 13.1. The Morgan fingerprint density at radius 1 is 0.500 bits per heavy atom. The van der Waals surface area contributed by atoms with Gasteiger partial charge >= 0.3 is 0 Å². The van der Waals surface area contributed by atoms with Gasteiger partial charge in [0.2, 0.25) is 5.91 Å². The van der Waals surface area contributed by atoms with Crippen molar-refractivity contribution in [2.45, 2.75) is 294 Å². The van der Waals surface area contributed by atoms with Crippen molar-refractivity contribution >= 4 is 5.91 Å². The Bertz CT molecular complexity index is 1170. The zero-order valence-electron chi connectivity index (χ0n) is 42.7. The number of aliphatic hydroxyl groups is 5. The maximum Gasteiger partial charge on any atom is 0.220 e. The highest BCUT2D eigenvalue weighted by molar-refractivity contribution is 5.76. The zero-order valence-corrected chi connectivity index (χ0v) is 42.7. The third-order valence-electron chi connectivity index (χ3n) is 13.1. The number of carbonyl (C=O) groups excluding carboxylic acids is 1. The van der Waals surface area contributed by atoms with Gasteiger partial charge in [0.15, 0.2) is 6.29 Å². The topological polar surface area (TPSA) is 149 Å². The second-order valence-corrected chi connectivity index (χ2v) is 19.4. The second-order valence-electron chi connectivity index (χ2n) is 19.4. The summed E-state index contributed by atoms with van der Waals surface area (Å²) in [6.07, 6.45) is 54.8. The number of allylic oxidation sites excluding steroid dienone is 7. The summed E-state index contributed by atoms with van der Waals surface area (Å²) in [7, 11) is 0. The van der Waals surface area contributed by atoms with E-state index in [9.17, 15) is 30.3 Å². The molecule has 7 atom stereocenters. The Morgan fingerprint density at radius 3 is 1.32 bits per heavy atom. The van der Waals surface area contributed by atoms with E-state index >= 15 is 0 Å². The molecule has 1 saturated heterocycles. The minimum atomic E-state index is -1.57. The quantitative estimate of drug-likeness (QED) is 0.0261. The minimum Gasteiger partial charge on any atom is -0.394 e. The summed E-state index contributed by atoms with van der Waals surface area (Å²) in [4.78, 5) is 13.0. The molecule has 386 valence electrons. The molecule has 0 spiro atoms. The fourth-order valence-corrected chi connectivity index (χ4v) is 8.64. The van der Waals surface area contributed by atoms with E-state index in [-0.39, 0.29) is 12.5 Å². The van der Waals surface area contributed by atoms with Crippen LogP contribution in [0.2, 0.25) is 0 Å². The lowest BCUT2D eigenvalue weighted by molar-refractivity contribution is -0.302. The van der Waals surface area contributed by atoms with Gasteiger partial charge in [-0.25, -0.2) is 0 Å². The lowest BCUT2D eigenvalue weighted by atomic mass is 9.99. The first-order valence-electron chi connectivity index (χ1n) is 27.9. The van der Waals surface area contributed by atoms with Gasteiger partial charge < -0.3 is 40.3 Å². The first kappa shape index (κ1) is 62.2. The van der Waals surface area contributed by atoms with Gasteiger partial charge in [0.25, 0.3) is 0 Å². The normalized spacial score (nSPS) is 20.1. The number of hydrogen-bond acceptors (Lipinski definition) is 8. The Hall–Kier alpha value is -1.85. The number of unbranched alkanes of at least 4 members (excludes halogenated alkanes) is 31. The Kier molecular flexibility index (Phi) is 44.1. The van der Waals surface area contributed by atoms with Crippen molar-refractivity contribution in [3.63, 3.8) is 0 Å². The molecule has 0 radical (unpaired) electrons. The first-order chi connectivity index (χ1) is 32.3. The van der Waals surface area contributed by atoms with E-state index < -0.39 is 49.5 Å². The van der Waals surface area contributed by atoms with Crippen molar-refractivity contribution in [3.8, 4) is 0 Å². The molecule has 1 heterocycles. The Balaban J connectivity index is 2.13. The molecule has 1 aliphatic rings. The van der Waals surface area contributed by atoms with E-state index in [1.165, 1.54) is 180 Å². The third kappa shape index (κ3) is 36.2. The van der Waals surface area contributed by atoms with E-state index in [1.54, 1.807) is 6.08 Å². The highest BCUT2D eigenvalue weighted by atomic mass is 16.7. The SMILES string of the molecule is CCCC/C=C/CC/C=C/CC/C=C/C(O)C(COC1OC(CO)C(O)C(O)C1O)NC(=O)CCCCCCCCCCCCCCCCCCCCC/C=C\CCCCCCCCCC. The van der Waals surface area contributed by atoms with Crippen LogP contribution < -0.4 is 5.32 Å². The molecule has 1 amide bonds. The molecular formula is C57H105NO8. The molecule has 1 aliphatic heterocycles. The van der Waals surface area contributed by atoms with E-state index in [0.717, 1.165) is 51.4 Å². The van der Waals surface area contributed by atoms with Crippen LogP contribution in [0.25, 0.3) is 0 Å². The summed E-state index contributed by atoms with van der Waals surface area (Å²) >= 11 is 0. The van der Waals surface area contributed by atoms with E-state index in [0.29, 0.717) is 6.42 Å². The van der Waals surface area contributed by atoms with Gasteiger partial charge in [0, 0.05) is 6.42 Å². The van der Waals surface area contributed by atoms with Crippen LogP contribution in [0.15, 0.2) is 48.6 Å². The fourth-order valence-electron chi connectivity index (χ4n) is 8.64. The van der Waals surface area contributed by atoms with Crippen LogP contribution in [0.1, 0.15) is 251 Å². The van der Waals surface area contributed by atoms with Crippen LogP contribution >= 0.6 is 0 Å². The lowest BCUT2D eigenvalue weighted by Gasteiger charge is -2.40. The molecule has 9 heteroatoms. The minimum absolute atomic E-state index is 0.190. The summed E-state index contributed by atoms with van der Waals surface area (Å²) in [5.41, 5.74) is 0. The van der Waals surface area contributed by atoms with Gasteiger partial charge in [-0.05, 0) is 64.2 Å². The number of amides is 1. The number of nitrogens with one attached hydrogen (secondary N) is 1. The number of aliphatic hydroxyl groups excluding tert-OH is 5. The Morgan fingerprint density at radius 2 is 0.879 bits per heavy atom. The summed E-state index contributed by atoms with van der Waals surface area (Å²) < 4.78 is 11.2. The standard InChI is InChI=1S/C57H105NO8/c1-3-5-7-9-11-13-15-17-18-19-20-21-22-23-24-25-26-27-28-29-30-31-32-33-34-35-37-39-41-43-45-47-53(61)58-50(49-65-57-56(64)55(63)54(62)52(48-59)66-57)51(60)46-44-42-40-38-36-16-14-12-10-8-6-4-2/h10,12,19-20,36,38,44,46,50-52,54-57,59-60,62-64H,3-9,11,13-18,21-35,37,39-43,45,47-49H2,1-2H3,(H,58,61)/b12-10+,20-19-,38-36+,46-44+. The number of carbonyl (C=O) groups is 1. The molecule has 0 bridgehead atoms. The number of hydrogen-bond donors (Lipinski definition) is 6. The first-order valence-corrected chi connectivity index (χ1v) is 27.9. The van der Waals surface area contributed by atoms with Gasteiger partial charge in [-0.2, -0.15) is 0 Å². The number of rotatable bonds is 47. The van der Waals surface area contributed by atoms with Crippen molar-refractivity contribution < 1.29 is 39.8 Å². The predicted octanol–water partition coefficient (Wildman–Crippen LogP) is 13.3. The van der Waals surface area contributed by atoms with Crippen LogP contribution in [0, 0.1) is 0 Å². The zero-order chi connectivity index (χ0) is 48.0. The van der Waals surface area contributed by atoms with E-state index in [4.69, 9.17) is 9.47 Å². The van der Waals surface area contributed by atoms with Crippen molar-refractivity contribution in [2.75, 3.05) is 13.2 Å². The van der Waals surface area contributed by atoms with Gasteiger partial charge in [-0.1, -0.05) is 229 Å². The van der Waals surface area contributed by atoms with Gasteiger partial charge in [0.05, 0.1) is 25.4 Å². The molecule has 1 rings (SSSR count). The largest absolute Gasteiger partial charge is 0.394 e. The maximum atomic E-state index is 13.0. The van der Waals surface area contributed by atoms with Crippen LogP contribution in [0.5, 0.6) is 0 Å². The van der Waals surface area contributed by atoms with Gasteiger partial charge in [0.1, 0.15) is 24.4 Å². The van der Waals surface area contributed by atoms with Gasteiger partial charge in [-0.3, -0.25) is 4.79 Å². The average Bonchev–Trinajstić information content (AvgIpc) is 3.32. The van der Waals surface area contributed by atoms with Crippen LogP contribution in [0.3, 0.4) is 0 Å². The molecule has 0 aromatic rings. The molecule has 6 N–H and O–H groups in total. The highest BCUT2D eigenvalue weighted by Gasteiger charge is 2.44. The molecule has 1 fully saturated rings. The molecule has 9 nitrogen and oxygen atoms in total. The van der Waals surface area contributed by atoms with Crippen molar-refractivity contribution in [1.29, 1.82) is 0 Å². The number of ether oxygens (including phenoxy) is 2. The average molecular weight is 932 g/mol.